The van der Waals surface area contributed by atoms with Crippen molar-refractivity contribution in [2.75, 3.05) is 0 Å². The molecule has 0 N–H and O–H groups in total. The first-order chi connectivity index (χ1) is 7.90. The first kappa shape index (κ1) is 14.2. The lowest BCUT2D eigenvalue weighted by molar-refractivity contribution is -0.157. The Labute approximate surface area is 104 Å². The summed E-state index contributed by atoms with van der Waals surface area (Å²) in [5.74, 6) is 1.10. The van der Waals surface area contributed by atoms with Crippen LogP contribution >= 0.6 is 0 Å². The molecule has 1 unspecified atom stereocenters. The van der Waals surface area contributed by atoms with Gasteiger partial charge in [-0.25, -0.2) is 0 Å². The van der Waals surface area contributed by atoms with Crippen molar-refractivity contribution in [3.8, 4) is 0 Å². The lowest BCUT2D eigenvalue weighted by Gasteiger charge is -2.36. The summed E-state index contributed by atoms with van der Waals surface area (Å²) in [5.41, 5.74) is 0. The van der Waals surface area contributed by atoms with Crippen LogP contribution in [0.25, 0.3) is 0 Å². The highest BCUT2D eigenvalue weighted by atomic mass is 16.5. The fraction of sp³-hybridized carbons (Fsp3) is 0.857. The van der Waals surface area contributed by atoms with Crippen LogP contribution in [0.1, 0.15) is 53.4 Å². The molecule has 0 bridgehead atoms. The van der Waals surface area contributed by atoms with Crippen molar-refractivity contribution >= 4 is 11.8 Å². The van der Waals surface area contributed by atoms with Gasteiger partial charge in [-0.3, -0.25) is 9.59 Å². The number of Topliss-reactive ketones (excluding diaryl/α,β-unsaturated/α-hetero) is 1. The van der Waals surface area contributed by atoms with Gasteiger partial charge in [-0.05, 0) is 37.5 Å². The zero-order valence-corrected chi connectivity index (χ0v) is 11.4. The summed E-state index contributed by atoms with van der Waals surface area (Å²) in [5, 5.41) is 0. The molecule has 98 valence electrons. The van der Waals surface area contributed by atoms with Crippen LogP contribution in [0.15, 0.2) is 0 Å². The van der Waals surface area contributed by atoms with Gasteiger partial charge in [-0.1, -0.05) is 27.2 Å². The average molecular weight is 240 g/mol. The fourth-order valence-electron chi connectivity index (χ4n) is 2.66. The van der Waals surface area contributed by atoms with Gasteiger partial charge in [0.25, 0.3) is 0 Å². The number of ether oxygens (including phenoxy) is 1. The second kappa shape index (κ2) is 6.18. The molecule has 0 aromatic carbocycles. The van der Waals surface area contributed by atoms with E-state index in [1.54, 1.807) is 0 Å². The third kappa shape index (κ3) is 4.49. The number of hydrogen-bond acceptors (Lipinski definition) is 3. The molecule has 3 heteroatoms. The Balaban J connectivity index is 2.57. The molecule has 3 nitrogen and oxygen atoms in total. The first-order valence-electron chi connectivity index (χ1n) is 6.59. The molecule has 1 aliphatic rings. The van der Waals surface area contributed by atoms with Crippen molar-refractivity contribution in [1.82, 2.24) is 0 Å². The highest BCUT2D eigenvalue weighted by Gasteiger charge is 2.33. The Hall–Kier alpha value is -0.860. The molecule has 1 aliphatic carbocycles. The standard InChI is InChI=1S/C14H24O3/c1-9(2)12-6-5-10(3)7-13(12)17-14(16)8-11(4)15/h9-10,12-13H,5-8H2,1-4H3/t10-,12+,13?/m0/s1. The summed E-state index contributed by atoms with van der Waals surface area (Å²) in [7, 11) is 0. The van der Waals surface area contributed by atoms with E-state index in [0.717, 1.165) is 12.8 Å². The molecular formula is C14H24O3. The number of hydrogen-bond donors (Lipinski definition) is 0. The first-order valence-corrected chi connectivity index (χ1v) is 6.59. The van der Waals surface area contributed by atoms with Crippen molar-refractivity contribution in [3.63, 3.8) is 0 Å². The van der Waals surface area contributed by atoms with Crippen LogP contribution in [-0.4, -0.2) is 17.9 Å². The normalized spacial score (nSPS) is 29.1. The molecule has 3 atom stereocenters. The van der Waals surface area contributed by atoms with E-state index in [0.29, 0.717) is 17.8 Å². The van der Waals surface area contributed by atoms with Crippen molar-refractivity contribution < 1.29 is 14.3 Å². The lowest BCUT2D eigenvalue weighted by Crippen LogP contribution is -2.36. The molecule has 0 saturated heterocycles. The maximum Gasteiger partial charge on any atom is 0.313 e. The molecule has 1 fully saturated rings. The molecule has 1 rings (SSSR count). The third-order valence-electron chi connectivity index (χ3n) is 3.64. The Morgan fingerprint density at radius 3 is 2.47 bits per heavy atom. The van der Waals surface area contributed by atoms with Gasteiger partial charge in [0.1, 0.15) is 18.3 Å². The largest absolute Gasteiger partial charge is 0.462 e. The van der Waals surface area contributed by atoms with Crippen LogP contribution < -0.4 is 0 Å². The highest BCUT2D eigenvalue weighted by molar-refractivity contribution is 5.94. The van der Waals surface area contributed by atoms with Crippen molar-refractivity contribution in [1.29, 1.82) is 0 Å². The van der Waals surface area contributed by atoms with Gasteiger partial charge in [0.05, 0.1) is 0 Å². The van der Waals surface area contributed by atoms with Gasteiger partial charge in [-0.15, -0.1) is 0 Å². The van der Waals surface area contributed by atoms with E-state index in [2.05, 4.69) is 20.8 Å². The number of carbonyl (C=O) groups excluding carboxylic acids is 2. The minimum Gasteiger partial charge on any atom is -0.462 e. The van der Waals surface area contributed by atoms with Gasteiger partial charge >= 0.3 is 5.97 Å². The maximum atomic E-state index is 11.6. The molecule has 0 spiro atoms. The predicted octanol–water partition coefficient (Wildman–Crippen LogP) is 2.97. The zero-order chi connectivity index (χ0) is 13.0. The summed E-state index contributed by atoms with van der Waals surface area (Å²) in [6.07, 6.45) is 3.19. The van der Waals surface area contributed by atoms with Crippen molar-refractivity contribution in [3.05, 3.63) is 0 Å². The van der Waals surface area contributed by atoms with Crippen LogP contribution in [0.2, 0.25) is 0 Å². The van der Waals surface area contributed by atoms with E-state index in [4.69, 9.17) is 4.74 Å². The number of carbonyl (C=O) groups is 2. The summed E-state index contributed by atoms with van der Waals surface area (Å²) >= 11 is 0. The monoisotopic (exact) mass is 240 g/mol. The quantitative estimate of drug-likeness (QED) is 0.560. The molecule has 0 aliphatic heterocycles. The summed E-state index contributed by atoms with van der Waals surface area (Å²) < 4.78 is 5.49. The molecule has 0 heterocycles. The van der Waals surface area contributed by atoms with E-state index in [9.17, 15) is 9.59 Å². The van der Waals surface area contributed by atoms with Gasteiger partial charge < -0.3 is 4.74 Å². The van der Waals surface area contributed by atoms with Gasteiger partial charge in [0.2, 0.25) is 0 Å². The second-order valence-corrected chi connectivity index (χ2v) is 5.73. The second-order valence-electron chi connectivity index (χ2n) is 5.73. The molecule has 0 amide bonds. The van der Waals surface area contributed by atoms with Crippen LogP contribution in [0.3, 0.4) is 0 Å². The van der Waals surface area contributed by atoms with E-state index >= 15 is 0 Å². The van der Waals surface area contributed by atoms with Gasteiger partial charge in [0.15, 0.2) is 0 Å². The Kier molecular flexibility index (Phi) is 5.16. The van der Waals surface area contributed by atoms with Gasteiger partial charge in [0, 0.05) is 0 Å². The number of esters is 1. The Morgan fingerprint density at radius 1 is 1.29 bits per heavy atom. The van der Waals surface area contributed by atoms with Gasteiger partial charge in [-0.2, -0.15) is 0 Å². The van der Waals surface area contributed by atoms with Crippen molar-refractivity contribution in [2.45, 2.75) is 59.5 Å². The third-order valence-corrected chi connectivity index (χ3v) is 3.64. The summed E-state index contributed by atoms with van der Waals surface area (Å²) in [6, 6.07) is 0. The highest BCUT2D eigenvalue weighted by Crippen LogP contribution is 2.35. The smallest absolute Gasteiger partial charge is 0.313 e. The molecule has 0 aromatic heterocycles. The molecule has 1 saturated carbocycles. The Bertz CT molecular complexity index is 283. The van der Waals surface area contributed by atoms with E-state index in [-0.39, 0.29) is 24.3 Å². The van der Waals surface area contributed by atoms with E-state index in [1.165, 1.54) is 13.3 Å². The van der Waals surface area contributed by atoms with Crippen molar-refractivity contribution in [2.24, 2.45) is 17.8 Å². The average Bonchev–Trinajstić information content (AvgIpc) is 2.15. The lowest BCUT2D eigenvalue weighted by atomic mass is 9.75. The van der Waals surface area contributed by atoms with E-state index in [1.807, 2.05) is 0 Å². The predicted molar refractivity (Wildman–Crippen MR) is 66.5 cm³/mol. The SMILES string of the molecule is CC(=O)CC(=O)OC1C[C@@H](C)CC[C@@H]1C(C)C. The fourth-order valence-corrected chi connectivity index (χ4v) is 2.66. The van der Waals surface area contributed by atoms with Crippen LogP contribution in [-0.2, 0) is 14.3 Å². The molecule has 0 aromatic rings. The summed E-state index contributed by atoms with van der Waals surface area (Å²) in [6.45, 7) is 7.96. The maximum absolute atomic E-state index is 11.6. The molecular weight excluding hydrogens is 216 g/mol. The zero-order valence-electron chi connectivity index (χ0n) is 11.4. The minimum atomic E-state index is -0.359. The van der Waals surface area contributed by atoms with E-state index < -0.39 is 0 Å². The Morgan fingerprint density at radius 2 is 1.94 bits per heavy atom. The summed E-state index contributed by atoms with van der Waals surface area (Å²) in [4.78, 5) is 22.4. The van der Waals surface area contributed by atoms with Crippen LogP contribution in [0.5, 0.6) is 0 Å². The number of rotatable bonds is 4. The topological polar surface area (TPSA) is 43.4 Å². The molecule has 17 heavy (non-hydrogen) atoms. The number of ketones is 1. The minimum absolute atomic E-state index is 0.00519. The van der Waals surface area contributed by atoms with Crippen LogP contribution in [0.4, 0.5) is 0 Å². The molecule has 0 radical (unpaired) electrons. The van der Waals surface area contributed by atoms with Crippen LogP contribution in [0, 0.1) is 17.8 Å².